The van der Waals surface area contributed by atoms with Crippen molar-refractivity contribution in [3.63, 3.8) is 0 Å². The van der Waals surface area contributed by atoms with E-state index >= 15 is 0 Å². The number of likely N-dealkylation sites (N-methyl/N-ethyl adjacent to an activating group) is 1. The van der Waals surface area contributed by atoms with Crippen molar-refractivity contribution in [3.05, 3.63) is 48.6 Å². The van der Waals surface area contributed by atoms with E-state index in [2.05, 4.69) is 62.5 Å². The topological polar surface area (TPSA) is 111 Å². The Kier molecular flexibility index (Phi) is 59.5. The van der Waals surface area contributed by atoms with Crippen molar-refractivity contribution in [2.24, 2.45) is 0 Å². The lowest BCUT2D eigenvalue weighted by Crippen LogP contribution is -2.47. The average Bonchev–Trinajstić information content (AvgIpc) is 3.44. The summed E-state index contributed by atoms with van der Waals surface area (Å²) in [5.41, 5.74) is 0. The number of ether oxygens (including phenoxy) is 1. The third-order valence-electron chi connectivity index (χ3n) is 15.8. The van der Waals surface area contributed by atoms with Gasteiger partial charge in [0.15, 0.2) is 0 Å². The fraction of sp³-hybridized carbons (Fsp3) is 0.859. The molecule has 0 saturated heterocycles. The van der Waals surface area contributed by atoms with Crippen molar-refractivity contribution >= 4 is 19.7 Å². The number of nitrogens with zero attached hydrogens (tertiary/aromatic N) is 1. The average molecular weight is 1160 g/mol. The van der Waals surface area contributed by atoms with E-state index < -0.39 is 20.0 Å². The first-order chi connectivity index (χ1) is 39.4. The van der Waals surface area contributed by atoms with Crippen LogP contribution in [0.4, 0.5) is 0 Å². The molecule has 1 amide bonds. The number of amides is 1. The van der Waals surface area contributed by atoms with Crippen molar-refractivity contribution in [1.29, 1.82) is 0 Å². The first-order valence-electron chi connectivity index (χ1n) is 35.0. The Morgan fingerprint density at radius 3 is 1.15 bits per heavy atom. The number of carbonyl (C=O) groups is 2. The molecule has 0 spiro atoms. The number of hydrogen-bond donors (Lipinski definition) is 2. The highest BCUT2D eigenvalue weighted by atomic mass is 31.2. The van der Waals surface area contributed by atoms with Gasteiger partial charge in [-0.2, -0.15) is 0 Å². The van der Waals surface area contributed by atoms with Gasteiger partial charge in [0.25, 0.3) is 0 Å². The van der Waals surface area contributed by atoms with Crippen molar-refractivity contribution in [2.75, 3.05) is 40.9 Å². The summed E-state index contributed by atoms with van der Waals surface area (Å²) in [6.45, 7) is 7.03. The number of phosphoric ester groups is 1. The van der Waals surface area contributed by atoms with Crippen LogP contribution in [0.5, 0.6) is 0 Å². The van der Waals surface area contributed by atoms with E-state index in [1.54, 1.807) is 0 Å². The van der Waals surface area contributed by atoms with Gasteiger partial charge in [0, 0.05) is 12.8 Å². The molecule has 3 atom stereocenters. The number of esters is 1. The highest BCUT2D eigenvalue weighted by Crippen LogP contribution is 2.43. The van der Waals surface area contributed by atoms with Crippen LogP contribution in [0.2, 0.25) is 0 Å². The van der Waals surface area contributed by atoms with E-state index in [-0.39, 0.29) is 31.5 Å². The molecule has 0 aliphatic heterocycles. The third-order valence-corrected chi connectivity index (χ3v) is 16.8. The van der Waals surface area contributed by atoms with Crippen LogP contribution in [0.3, 0.4) is 0 Å². The zero-order valence-electron chi connectivity index (χ0n) is 54.5. The fourth-order valence-electron chi connectivity index (χ4n) is 10.4. The molecule has 3 unspecified atom stereocenters. The fourth-order valence-corrected chi connectivity index (χ4v) is 11.1. The standard InChI is InChI=1S/C71H135N2O7P/c1-7-10-13-16-19-22-25-27-29-31-33-35-36-38-40-42-44-46-49-52-55-58-61-64-71(75)80-69(62-59-56-53-50-47-24-21-18-15-12-9-3)68(67-79-81(76,77)78-66-65-73(4,5)6)72-70(74)63-60-57-54-51-48-45-43-41-39-37-34-32-30-28-26-23-20-17-14-11-8-2/h19,22,27,29,33,35,59,62,68-69H,7-18,20-21,23-26,28,30-32,34,36-58,60-61,63-67H2,1-6H3,(H-,72,74,76,77)/p+1/b22-19-,29-27-,35-33-,62-59+. The van der Waals surface area contributed by atoms with Crippen LogP contribution in [0, 0.1) is 0 Å². The van der Waals surface area contributed by atoms with Crippen LogP contribution < -0.4 is 5.32 Å². The molecule has 0 aliphatic carbocycles. The van der Waals surface area contributed by atoms with Crippen LogP contribution in [-0.4, -0.2) is 74.3 Å². The Morgan fingerprint density at radius 1 is 0.432 bits per heavy atom. The highest BCUT2D eigenvalue weighted by Gasteiger charge is 2.30. The summed E-state index contributed by atoms with van der Waals surface area (Å²) < 4.78 is 30.8. The second-order valence-electron chi connectivity index (χ2n) is 25.1. The van der Waals surface area contributed by atoms with Gasteiger partial charge in [0.1, 0.15) is 19.3 Å². The number of phosphoric acid groups is 1. The smallest absolute Gasteiger partial charge is 0.456 e. The summed E-state index contributed by atoms with van der Waals surface area (Å²) in [5.74, 6) is -0.494. The Hall–Kier alpha value is -2.03. The Bertz CT molecular complexity index is 1520. The van der Waals surface area contributed by atoms with Gasteiger partial charge in [-0.3, -0.25) is 18.6 Å². The van der Waals surface area contributed by atoms with Crippen LogP contribution >= 0.6 is 7.82 Å². The summed E-state index contributed by atoms with van der Waals surface area (Å²) >= 11 is 0. The van der Waals surface area contributed by atoms with Crippen molar-refractivity contribution < 1.29 is 37.3 Å². The maximum Gasteiger partial charge on any atom is 0.472 e. The molecule has 9 nitrogen and oxygen atoms in total. The monoisotopic (exact) mass is 1160 g/mol. The lowest BCUT2D eigenvalue weighted by Gasteiger charge is -2.27. The molecule has 0 rings (SSSR count). The van der Waals surface area contributed by atoms with E-state index in [0.29, 0.717) is 17.4 Å². The predicted octanol–water partition coefficient (Wildman–Crippen LogP) is 22.0. The summed E-state index contributed by atoms with van der Waals surface area (Å²) in [7, 11) is 1.51. The highest BCUT2D eigenvalue weighted by molar-refractivity contribution is 7.47. The number of hydrogen-bond acceptors (Lipinski definition) is 6. The van der Waals surface area contributed by atoms with Gasteiger partial charge in [-0.1, -0.05) is 307 Å². The molecule has 0 aromatic carbocycles. The van der Waals surface area contributed by atoms with Gasteiger partial charge in [0.2, 0.25) is 5.91 Å². The molecule has 0 aromatic heterocycles. The molecule has 0 radical (unpaired) electrons. The summed E-state index contributed by atoms with van der Waals surface area (Å²) in [6.07, 6.45) is 76.9. The number of carbonyl (C=O) groups excluding carboxylic acids is 2. The molecular weight excluding hydrogens is 1020 g/mol. The molecule has 0 saturated carbocycles. The number of nitrogens with one attached hydrogen (secondary N) is 1. The van der Waals surface area contributed by atoms with Gasteiger partial charge in [0.05, 0.1) is 33.8 Å². The molecular formula is C71H136N2O7P+. The maximum atomic E-state index is 13.6. The third kappa shape index (κ3) is 62.3. The predicted molar refractivity (Wildman–Crippen MR) is 351 cm³/mol. The molecule has 0 aromatic rings. The van der Waals surface area contributed by atoms with Crippen molar-refractivity contribution in [1.82, 2.24) is 5.32 Å². The minimum absolute atomic E-state index is 0.0413. The summed E-state index contributed by atoms with van der Waals surface area (Å²) in [4.78, 5) is 37.8. The number of allylic oxidation sites excluding steroid dienone is 7. The Labute approximate surface area is 503 Å². The first-order valence-corrected chi connectivity index (χ1v) is 36.5. The van der Waals surface area contributed by atoms with Gasteiger partial charge in [-0.05, 0) is 70.3 Å². The number of quaternary nitrogens is 1. The first kappa shape index (κ1) is 79.0. The number of rotatable bonds is 64. The second kappa shape index (κ2) is 61.1. The van der Waals surface area contributed by atoms with E-state index in [1.807, 2.05) is 33.3 Å². The summed E-state index contributed by atoms with van der Waals surface area (Å²) in [6, 6.07) is -0.848. The SMILES string of the molecule is CCCCC/C=C\C/C=C\C/C=C\CCCCCCCCCCCCC(=O)OC(/C=C/CCCCCCCCCCC)C(COP(=O)(O)OCC[N+](C)(C)C)NC(=O)CCCCCCCCCCCCCCCCCCCCCCC. The molecule has 0 heterocycles. The van der Waals surface area contributed by atoms with Gasteiger partial charge < -0.3 is 19.4 Å². The molecule has 0 aliphatic rings. The molecule has 2 N–H and O–H groups in total. The van der Waals surface area contributed by atoms with Gasteiger partial charge in [-0.15, -0.1) is 0 Å². The van der Waals surface area contributed by atoms with Crippen molar-refractivity contribution in [3.8, 4) is 0 Å². The molecule has 81 heavy (non-hydrogen) atoms. The van der Waals surface area contributed by atoms with Crippen LogP contribution in [0.25, 0.3) is 0 Å². The van der Waals surface area contributed by atoms with Crippen LogP contribution in [0.15, 0.2) is 48.6 Å². The lowest BCUT2D eigenvalue weighted by molar-refractivity contribution is -0.870. The summed E-state index contributed by atoms with van der Waals surface area (Å²) in [5, 5.41) is 3.07. The minimum Gasteiger partial charge on any atom is -0.456 e. The van der Waals surface area contributed by atoms with E-state index in [4.69, 9.17) is 13.8 Å². The largest absolute Gasteiger partial charge is 0.472 e. The minimum atomic E-state index is -4.45. The van der Waals surface area contributed by atoms with E-state index in [0.717, 1.165) is 70.6 Å². The van der Waals surface area contributed by atoms with Gasteiger partial charge >= 0.3 is 13.8 Å². The molecule has 10 heteroatoms. The molecule has 476 valence electrons. The second-order valence-corrected chi connectivity index (χ2v) is 26.5. The van der Waals surface area contributed by atoms with Gasteiger partial charge in [-0.25, -0.2) is 4.57 Å². The Morgan fingerprint density at radius 2 is 0.753 bits per heavy atom. The maximum absolute atomic E-state index is 13.6. The van der Waals surface area contributed by atoms with Crippen molar-refractivity contribution in [2.45, 2.75) is 354 Å². The quantitative estimate of drug-likeness (QED) is 0.0205. The zero-order valence-corrected chi connectivity index (χ0v) is 55.4. The number of unbranched alkanes of at least 4 members (excludes halogenated alkanes) is 42. The van der Waals surface area contributed by atoms with Crippen LogP contribution in [0.1, 0.15) is 342 Å². The molecule has 0 fully saturated rings. The Balaban J connectivity index is 5.04. The molecule has 0 bridgehead atoms. The normalized spacial score (nSPS) is 13.8. The zero-order chi connectivity index (χ0) is 59.3. The van der Waals surface area contributed by atoms with E-state index in [9.17, 15) is 19.0 Å². The van der Waals surface area contributed by atoms with Crippen LogP contribution in [-0.2, 0) is 27.9 Å². The lowest BCUT2D eigenvalue weighted by atomic mass is 10.0. The van der Waals surface area contributed by atoms with E-state index in [1.165, 1.54) is 238 Å².